The van der Waals surface area contributed by atoms with E-state index < -0.39 is 35.5 Å². The van der Waals surface area contributed by atoms with E-state index >= 15 is 0 Å². The molecule has 170 valence electrons. The van der Waals surface area contributed by atoms with Crippen LogP contribution >= 0.6 is 0 Å². The molecule has 0 bridgehead atoms. The van der Waals surface area contributed by atoms with Crippen molar-refractivity contribution in [1.82, 2.24) is 16.0 Å². The molecule has 0 spiro atoms. The number of halogens is 2. The monoisotopic (exact) mass is 429 g/mol. The number of nitrogens with one attached hydrogen (secondary N) is 3. The second kappa shape index (κ2) is 11.8. The lowest BCUT2D eigenvalue weighted by Crippen LogP contribution is -2.50. The van der Waals surface area contributed by atoms with E-state index in [0.717, 1.165) is 18.2 Å². The number of hydrogen-bond acceptors (Lipinski definition) is 5. The standard InChI is InChI=1S/C21H33F2N3O4/c1-13(2)10-25-19(28)12-24-11-18(27)17(26-20(29)30-21(3,4)5)8-14-6-15(22)9-16(23)7-14/h6-7,9,13,17-18,24,27H,8,10-12H2,1-5H3,(H,25,28)(H,26,29)/t17-,18+/m0/s1. The molecule has 1 aromatic carbocycles. The molecule has 4 N–H and O–H groups in total. The number of rotatable bonds is 10. The van der Waals surface area contributed by atoms with E-state index in [4.69, 9.17) is 4.74 Å². The van der Waals surface area contributed by atoms with E-state index in [9.17, 15) is 23.5 Å². The zero-order valence-electron chi connectivity index (χ0n) is 18.2. The molecule has 0 heterocycles. The van der Waals surface area contributed by atoms with Gasteiger partial charge in [0.15, 0.2) is 0 Å². The predicted octanol–water partition coefficient (Wildman–Crippen LogP) is 2.12. The fourth-order valence-corrected chi connectivity index (χ4v) is 2.58. The highest BCUT2D eigenvalue weighted by Crippen LogP contribution is 2.13. The maximum Gasteiger partial charge on any atom is 0.407 e. The third kappa shape index (κ3) is 11.1. The molecular formula is C21H33F2N3O4. The Balaban J connectivity index is 2.75. The summed E-state index contributed by atoms with van der Waals surface area (Å²) in [6.45, 7) is 9.52. The maximum absolute atomic E-state index is 13.5. The predicted molar refractivity (Wildman–Crippen MR) is 110 cm³/mol. The molecule has 1 aromatic rings. The van der Waals surface area contributed by atoms with E-state index in [0.29, 0.717) is 12.5 Å². The number of alkyl carbamates (subject to hydrolysis) is 1. The van der Waals surface area contributed by atoms with Gasteiger partial charge in [0.25, 0.3) is 0 Å². The van der Waals surface area contributed by atoms with E-state index in [1.807, 2.05) is 13.8 Å². The van der Waals surface area contributed by atoms with Crippen LogP contribution in [0.1, 0.15) is 40.2 Å². The normalized spacial score (nSPS) is 13.6. The number of carbonyl (C=O) groups is 2. The Morgan fingerprint density at radius 3 is 2.23 bits per heavy atom. The number of carbonyl (C=O) groups excluding carboxylic acids is 2. The lowest BCUT2D eigenvalue weighted by Gasteiger charge is -2.27. The number of amides is 2. The zero-order chi connectivity index (χ0) is 22.9. The Hall–Kier alpha value is -2.26. The molecule has 0 saturated heterocycles. The van der Waals surface area contributed by atoms with Gasteiger partial charge in [-0.05, 0) is 50.8 Å². The minimum atomic E-state index is -1.14. The molecule has 0 aliphatic carbocycles. The number of benzene rings is 1. The van der Waals surface area contributed by atoms with Crippen molar-refractivity contribution in [3.8, 4) is 0 Å². The highest BCUT2D eigenvalue weighted by molar-refractivity contribution is 5.77. The molecule has 9 heteroatoms. The summed E-state index contributed by atoms with van der Waals surface area (Å²) in [6.07, 6.45) is -1.93. The van der Waals surface area contributed by atoms with Gasteiger partial charge in [0.1, 0.15) is 17.2 Å². The van der Waals surface area contributed by atoms with Crippen molar-refractivity contribution in [2.24, 2.45) is 5.92 Å². The summed E-state index contributed by atoms with van der Waals surface area (Å²) in [5, 5.41) is 18.6. The summed E-state index contributed by atoms with van der Waals surface area (Å²) in [6, 6.07) is 2.11. The molecule has 0 aliphatic heterocycles. The third-order valence-electron chi connectivity index (χ3n) is 3.89. The minimum Gasteiger partial charge on any atom is -0.444 e. The average molecular weight is 430 g/mol. The van der Waals surface area contributed by atoms with Crippen LogP contribution in [0.25, 0.3) is 0 Å². The van der Waals surface area contributed by atoms with Gasteiger partial charge in [0.05, 0.1) is 18.7 Å². The second-order valence-corrected chi connectivity index (χ2v) is 8.63. The number of aliphatic hydroxyl groups is 1. The van der Waals surface area contributed by atoms with Gasteiger partial charge in [-0.1, -0.05) is 13.8 Å². The Morgan fingerprint density at radius 1 is 1.10 bits per heavy atom. The van der Waals surface area contributed by atoms with Crippen LogP contribution in [0.5, 0.6) is 0 Å². The van der Waals surface area contributed by atoms with E-state index in [2.05, 4.69) is 16.0 Å². The molecular weight excluding hydrogens is 396 g/mol. The molecule has 30 heavy (non-hydrogen) atoms. The van der Waals surface area contributed by atoms with Gasteiger partial charge in [0.2, 0.25) is 5.91 Å². The van der Waals surface area contributed by atoms with Crippen molar-refractivity contribution < 1.29 is 28.2 Å². The molecule has 0 unspecified atom stereocenters. The summed E-state index contributed by atoms with van der Waals surface area (Å²) in [5.41, 5.74) is -0.487. The highest BCUT2D eigenvalue weighted by Gasteiger charge is 2.25. The van der Waals surface area contributed by atoms with Crippen LogP contribution < -0.4 is 16.0 Å². The molecule has 0 aromatic heterocycles. The van der Waals surface area contributed by atoms with E-state index in [1.54, 1.807) is 20.8 Å². The first-order chi connectivity index (χ1) is 13.9. The van der Waals surface area contributed by atoms with Gasteiger partial charge in [0, 0.05) is 19.2 Å². The lowest BCUT2D eigenvalue weighted by atomic mass is 10.0. The largest absolute Gasteiger partial charge is 0.444 e. The first kappa shape index (κ1) is 25.8. The second-order valence-electron chi connectivity index (χ2n) is 8.63. The maximum atomic E-state index is 13.5. The first-order valence-electron chi connectivity index (χ1n) is 9.95. The Labute approximate surface area is 176 Å². The van der Waals surface area contributed by atoms with Crippen molar-refractivity contribution in [3.05, 3.63) is 35.4 Å². The molecule has 2 atom stereocenters. The van der Waals surface area contributed by atoms with Crippen molar-refractivity contribution in [2.45, 2.75) is 58.8 Å². The summed E-state index contributed by atoms with van der Waals surface area (Å²) >= 11 is 0. The smallest absolute Gasteiger partial charge is 0.407 e. The molecule has 2 amide bonds. The molecule has 0 fully saturated rings. The van der Waals surface area contributed by atoms with Gasteiger partial charge in [-0.3, -0.25) is 4.79 Å². The number of ether oxygens (including phenoxy) is 1. The SMILES string of the molecule is CC(C)CNC(=O)CNC[C@@H](O)[C@H](Cc1cc(F)cc(F)c1)NC(=O)OC(C)(C)C. The Bertz CT molecular complexity index is 688. The minimum absolute atomic E-state index is 0.0163. The molecule has 7 nitrogen and oxygen atoms in total. The van der Waals surface area contributed by atoms with Crippen LogP contribution in [-0.2, 0) is 16.0 Å². The van der Waals surface area contributed by atoms with Crippen LogP contribution in [0.3, 0.4) is 0 Å². The van der Waals surface area contributed by atoms with Gasteiger partial charge >= 0.3 is 6.09 Å². The Morgan fingerprint density at radius 2 is 1.70 bits per heavy atom. The molecule has 0 saturated carbocycles. The van der Waals surface area contributed by atoms with Crippen LogP contribution in [0, 0.1) is 17.6 Å². The fourth-order valence-electron chi connectivity index (χ4n) is 2.58. The van der Waals surface area contributed by atoms with Crippen molar-refractivity contribution >= 4 is 12.0 Å². The van der Waals surface area contributed by atoms with Crippen molar-refractivity contribution in [1.29, 1.82) is 0 Å². The average Bonchev–Trinajstić information content (AvgIpc) is 2.56. The highest BCUT2D eigenvalue weighted by atomic mass is 19.1. The molecule has 0 aliphatic rings. The quantitative estimate of drug-likeness (QED) is 0.457. The summed E-state index contributed by atoms with van der Waals surface area (Å²) < 4.78 is 32.2. The number of hydrogen-bond donors (Lipinski definition) is 4. The fraction of sp³-hybridized carbons (Fsp3) is 0.619. The molecule has 0 radical (unpaired) electrons. The van der Waals surface area contributed by atoms with Crippen LogP contribution in [0.15, 0.2) is 18.2 Å². The van der Waals surface area contributed by atoms with Gasteiger partial charge in [-0.15, -0.1) is 0 Å². The van der Waals surface area contributed by atoms with Crippen LogP contribution in [0.2, 0.25) is 0 Å². The van der Waals surface area contributed by atoms with E-state index in [-0.39, 0.29) is 31.0 Å². The van der Waals surface area contributed by atoms with Gasteiger partial charge < -0.3 is 25.8 Å². The van der Waals surface area contributed by atoms with Gasteiger partial charge in [-0.25, -0.2) is 13.6 Å². The Kier molecular flexibility index (Phi) is 10.1. The number of aliphatic hydroxyl groups excluding tert-OH is 1. The van der Waals surface area contributed by atoms with Crippen molar-refractivity contribution in [2.75, 3.05) is 19.6 Å². The van der Waals surface area contributed by atoms with Crippen LogP contribution in [-0.4, -0.2) is 54.5 Å². The molecule has 1 rings (SSSR count). The van der Waals surface area contributed by atoms with Crippen molar-refractivity contribution in [3.63, 3.8) is 0 Å². The third-order valence-corrected chi connectivity index (χ3v) is 3.89. The first-order valence-corrected chi connectivity index (χ1v) is 9.95. The zero-order valence-corrected chi connectivity index (χ0v) is 18.2. The lowest BCUT2D eigenvalue weighted by molar-refractivity contribution is -0.120. The summed E-state index contributed by atoms with van der Waals surface area (Å²) in [7, 11) is 0. The van der Waals surface area contributed by atoms with Gasteiger partial charge in [-0.2, -0.15) is 0 Å². The van der Waals surface area contributed by atoms with Crippen LogP contribution in [0.4, 0.5) is 13.6 Å². The summed E-state index contributed by atoms with van der Waals surface area (Å²) in [4.78, 5) is 23.9. The summed E-state index contributed by atoms with van der Waals surface area (Å²) in [5.74, 6) is -1.42. The topological polar surface area (TPSA) is 99.7 Å². The van der Waals surface area contributed by atoms with E-state index in [1.165, 1.54) is 0 Å².